The maximum Gasteiger partial charge on any atom is 0.327 e. The van der Waals surface area contributed by atoms with Crippen LogP contribution in [0.25, 0.3) is 0 Å². The van der Waals surface area contributed by atoms with E-state index in [2.05, 4.69) is 4.74 Å². The molecule has 64 valence electrons. The van der Waals surface area contributed by atoms with Crippen LogP contribution in [0.2, 0.25) is 0 Å². The molecule has 11 heavy (non-hydrogen) atoms. The third-order valence-electron chi connectivity index (χ3n) is 2.06. The molecule has 1 heterocycles. The number of hydrogen-bond donors (Lipinski definition) is 0. The van der Waals surface area contributed by atoms with Gasteiger partial charge in [0.1, 0.15) is 0 Å². The molecule has 1 saturated heterocycles. The van der Waals surface area contributed by atoms with Gasteiger partial charge in [0.25, 0.3) is 0 Å². The molecule has 0 aromatic rings. The summed E-state index contributed by atoms with van der Waals surface area (Å²) in [6.07, 6.45) is 1.32. The van der Waals surface area contributed by atoms with Crippen LogP contribution in [0.1, 0.15) is 13.3 Å². The fraction of sp³-hybridized carbons (Fsp3) is 0.833. The molecule has 1 rings (SSSR count). The molecule has 0 N–H and O–H groups in total. The summed E-state index contributed by atoms with van der Waals surface area (Å²) in [6.45, 7) is 1.61. The molecule has 1 fully saturated rings. The standard InChI is InChI=1S/C6H10O4S/c1-6(11(2,8)9)3-4-10-5(6)7/h3-4H2,1-2H3/t6-/m1/s1. The molecule has 0 bridgehead atoms. The van der Waals surface area contributed by atoms with E-state index in [-0.39, 0.29) is 13.0 Å². The first-order valence-corrected chi connectivity index (χ1v) is 5.14. The first-order chi connectivity index (χ1) is 4.88. The van der Waals surface area contributed by atoms with Gasteiger partial charge in [0.05, 0.1) is 6.61 Å². The maximum atomic E-state index is 11.1. The Kier molecular flexibility index (Phi) is 1.70. The van der Waals surface area contributed by atoms with Crippen LogP contribution < -0.4 is 0 Å². The number of sulfone groups is 1. The molecule has 0 aromatic heterocycles. The highest BCUT2D eigenvalue weighted by Gasteiger charge is 2.48. The van der Waals surface area contributed by atoms with Crippen molar-refractivity contribution < 1.29 is 17.9 Å². The lowest BCUT2D eigenvalue weighted by molar-refractivity contribution is -0.139. The van der Waals surface area contributed by atoms with Gasteiger partial charge in [-0.05, 0) is 6.92 Å². The fourth-order valence-electron chi connectivity index (χ4n) is 0.930. The summed E-state index contributed by atoms with van der Waals surface area (Å²) >= 11 is 0. The molecule has 0 amide bonds. The van der Waals surface area contributed by atoms with Crippen LogP contribution in [-0.2, 0) is 19.4 Å². The van der Waals surface area contributed by atoms with E-state index in [4.69, 9.17) is 0 Å². The minimum Gasteiger partial charge on any atom is -0.464 e. The van der Waals surface area contributed by atoms with Crippen molar-refractivity contribution in [3.05, 3.63) is 0 Å². The van der Waals surface area contributed by atoms with Gasteiger partial charge >= 0.3 is 5.97 Å². The lowest BCUT2D eigenvalue weighted by Crippen LogP contribution is -2.39. The summed E-state index contributed by atoms with van der Waals surface area (Å²) in [6, 6.07) is 0. The minimum atomic E-state index is -3.33. The van der Waals surface area contributed by atoms with Crippen molar-refractivity contribution in [3.8, 4) is 0 Å². The first kappa shape index (κ1) is 8.52. The fourth-order valence-corrected chi connectivity index (χ4v) is 1.75. The van der Waals surface area contributed by atoms with E-state index in [0.717, 1.165) is 6.26 Å². The molecule has 4 nitrogen and oxygen atoms in total. The molecule has 0 spiro atoms. The number of rotatable bonds is 1. The van der Waals surface area contributed by atoms with E-state index in [0.29, 0.717) is 0 Å². The molecule has 0 aliphatic carbocycles. The normalized spacial score (nSPS) is 32.0. The van der Waals surface area contributed by atoms with Gasteiger partial charge in [0.15, 0.2) is 14.6 Å². The second-order valence-corrected chi connectivity index (χ2v) is 5.33. The number of ether oxygens (including phenoxy) is 1. The van der Waals surface area contributed by atoms with Crippen molar-refractivity contribution in [1.29, 1.82) is 0 Å². The number of hydrogen-bond acceptors (Lipinski definition) is 4. The lowest BCUT2D eigenvalue weighted by atomic mass is 10.1. The average Bonchev–Trinajstić information content (AvgIpc) is 2.12. The van der Waals surface area contributed by atoms with E-state index < -0.39 is 20.6 Å². The van der Waals surface area contributed by atoms with Crippen LogP contribution in [0.3, 0.4) is 0 Å². The predicted molar refractivity (Wildman–Crippen MR) is 38.8 cm³/mol. The van der Waals surface area contributed by atoms with Crippen molar-refractivity contribution in [2.75, 3.05) is 12.9 Å². The summed E-state index contributed by atoms with van der Waals surface area (Å²) in [5.74, 6) is -0.625. The molecular weight excluding hydrogens is 168 g/mol. The Morgan fingerprint density at radius 2 is 2.09 bits per heavy atom. The third-order valence-corrected chi connectivity index (χ3v) is 4.07. The first-order valence-electron chi connectivity index (χ1n) is 3.25. The van der Waals surface area contributed by atoms with Crippen LogP contribution in [-0.4, -0.2) is 32.0 Å². The van der Waals surface area contributed by atoms with Gasteiger partial charge in [0.2, 0.25) is 0 Å². The van der Waals surface area contributed by atoms with Gasteiger partial charge in [-0.25, -0.2) is 8.42 Å². The smallest absolute Gasteiger partial charge is 0.327 e. The molecule has 0 radical (unpaired) electrons. The van der Waals surface area contributed by atoms with Crippen LogP contribution in [0.5, 0.6) is 0 Å². The topological polar surface area (TPSA) is 60.4 Å². The third kappa shape index (κ3) is 1.13. The van der Waals surface area contributed by atoms with Gasteiger partial charge in [-0.15, -0.1) is 0 Å². The van der Waals surface area contributed by atoms with Crippen molar-refractivity contribution in [3.63, 3.8) is 0 Å². The number of carbonyl (C=O) groups excluding carboxylic acids is 1. The zero-order chi connectivity index (χ0) is 8.70. The van der Waals surface area contributed by atoms with Crippen molar-refractivity contribution in [1.82, 2.24) is 0 Å². The second kappa shape index (κ2) is 2.20. The van der Waals surface area contributed by atoms with E-state index in [1.165, 1.54) is 6.92 Å². The maximum absolute atomic E-state index is 11.1. The van der Waals surface area contributed by atoms with Crippen molar-refractivity contribution in [2.45, 2.75) is 18.1 Å². The Morgan fingerprint density at radius 3 is 2.27 bits per heavy atom. The Hall–Kier alpha value is -0.580. The van der Waals surface area contributed by atoms with Crippen molar-refractivity contribution in [2.24, 2.45) is 0 Å². The Balaban J connectivity index is 3.10. The quantitative estimate of drug-likeness (QED) is 0.519. The highest BCUT2D eigenvalue weighted by atomic mass is 32.2. The number of cyclic esters (lactones) is 1. The van der Waals surface area contributed by atoms with E-state index in [1.807, 2.05) is 0 Å². The average molecular weight is 178 g/mol. The highest BCUT2D eigenvalue weighted by Crippen LogP contribution is 2.27. The summed E-state index contributed by atoms with van der Waals surface area (Å²) < 4.78 is 25.4. The van der Waals surface area contributed by atoms with Gasteiger partial charge in [-0.1, -0.05) is 0 Å². The van der Waals surface area contributed by atoms with Gasteiger partial charge in [-0.3, -0.25) is 4.79 Å². The van der Waals surface area contributed by atoms with Crippen LogP contribution in [0.15, 0.2) is 0 Å². The summed E-state index contributed by atoms with van der Waals surface area (Å²) in [4.78, 5) is 10.9. The highest BCUT2D eigenvalue weighted by molar-refractivity contribution is 7.92. The summed E-state index contributed by atoms with van der Waals surface area (Å²) in [5, 5.41) is 0. The number of esters is 1. The van der Waals surface area contributed by atoms with Crippen LogP contribution in [0, 0.1) is 0 Å². The zero-order valence-electron chi connectivity index (χ0n) is 6.46. The van der Waals surface area contributed by atoms with E-state index in [1.54, 1.807) is 0 Å². The number of carbonyl (C=O) groups is 1. The van der Waals surface area contributed by atoms with Gasteiger partial charge in [0, 0.05) is 12.7 Å². The molecule has 0 aromatic carbocycles. The SMILES string of the molecule is C[C@@]1(S(C)(=O)=O)CCOC1=O. The summed E-state index contributed by atoms with van der Waals surface area (Å²) in [7, 11) is -3.33. The Bertz CT molecular complexity index is 279. The molecule has 5 heteroatoms. The molecule has 1 atom stereocenters. The second-order valence-electron chi connectivity index (χ2n) is 2.89. The summed E-state index contributed by atoms with van der Waals surface area (Å²) in [5.41, 5.74) is 0. The van der Waals surface area contributed by atoms with Crippen molar-refractivity contribution >= 4 is 15.8 Å². The molecule has 1 aliphatic heterocycles. The Morgan fingerprint density at radius 1 is 1.55 bits per heavy atom. The molecule has 1 aliphatic rings. The minimum absolute atomic E-state index is 0.211. The monoisotopic (exact) mass is 178 g/mol. The molecule has 0 unspecified atom stereocenters. The van der Waals surface area contributed by atoms with Gasteiger partial charge in [-0.2, -0.15) is 0 Å². The largest absolute Gasteiger partial charge is 0.464 e. The zero-order valence-corrected chi connectivity index (χ0v) is 7.27. The Labute approximate surface area is 65.5 Å². The van der Waals surface area contributed by atoms with E-state index in [9.17, 15) is 13.2 Å². The molecular formula is C6H10O4S. The predicted octanol–water partition coefficient (Wildman–Crippen LogP) is -0.263. The van der Waals surface area contributed by atoms with Crippen LogP contribution >= 0.6 is 0 Å². The lowest BCUT2D eigenvalue weighted by Gasteiger charge is -2.15. The van der Waals surface area contributed by atoms with E-state index >= 15 is 0 Å². The van der Waals surface area contributed by atoms with Crippen LogP contribution in [0.4, 0.5) is 0 Å². The molecule has 0 saturated carbocycles. The van der Waals surface area contributed by atoms with Gasteiger partial charge < -0.3 is 4.74 Å².